The van der Waals surface area contributed by atoms with Gasteiger partial charge in [0.05, 0.1) is 5.54 Å². The van der Waals surface area contributed by atoms with Crippen LogP contribution in [0.2, 0.25) is 0 Å². The van der Waals surface area contributed by atoms with Crippen LogP contribution in [0.15, 0.2) is 0 Å². The summed E-state index contributed by atoms with van der Waals surface area (Å²) in [5, 5.41) is 3.35. The second-order valence-electron chi connectivity index (χ2n) is 8.40. The van der Waals surface area contributed by atoms with Crippen molar-refractivity contribution >= 4 is 5.91 Å². The minimum Gasteiger partial charge on any atom is -0.368 e. The molecule has 4 heteroatoms. The van der Waals surface area contributed by atoms with Crippen LogP contribution in [0.25, 0.3) is 0 Å². The fourth-order valence-corrected chi connectivity index (χ4v) is 3.48. The van der Waals surface area contributed by atoms with Crippen molar-refractivity contribution in [3.05, 3.63) is 0 Å². The molecule has 1 saturated heterocycles. The highest BCUT2D eigenvalue weighted by molar-refractivity contribution is 5.84. The molecule has 3 unspecified atom stereocenters. The summed E-state index contributed by atoms with van der Waals surface area (Å²) in [6, 6.07) is 0.608. The summed E-state index contributed by atoms with van der Waals surface area (Å²) >= 11 is 0. The number of hydrogen-bond donors (Lipinski definition) is 2. The predicted octanol–water partition coefficient (Wildman–Crippen LogP) is 2.37. The smallest absolute Gasteiger partial charge is 0.237 e. The minimum atomic E-state index is -0.632. The molecule has 1 rings (SSSR count). The molecular weight excluding hydrogens is 262 g/mol. The first-order valence-electron chi connectivity index (χ1n) is 8.27. The number of carbonyl (C=O) groups excluding carboxylic acids is 1. The van der Waals surface area contributed by atoms with Gasteiger partial charge in [-0.3, -0.25) is 4.79 Å². The molecule has 1 aliphatic rings. The van der Waals surface area contributed by atoms with Crippen molar-refractivity contribution in [3.63, 3.8) is 0 Å². The molecular formula is C17H35N3O. The van der Waals surface area contributed by atoms with Gasteiger partial charge in [0.2, 0.25) is 5.91 Å². The van der Waals surface area contributed by atoms with Crippen LogP contribution in [-0.2, 0) is 4.79 Å². The van der Waals surface area contributed by atoms with Gasteiger partial charge in [-0.05, 0) is 58.4 Å². The first kappa shape index (κ1) is 18.4. The van der Waals surface area contributed by atoms with E-state index in [2.05, 4.69) is 51.8 Å². The van der Waals surface area contributed by atoms with Crippen LogP contribution in [0.5, 0.6) is 0 Å². The first-order chi connectivity index (χ1) is 9.45. The van der Waals surface area contributed by atoms with Gasteiger partial charge in [-0.2, -0.15) is 0 Å². The number of rotatable bonds is 6. The summed E-state index contributed by atoms with van der Waals surface area (Å²) in [6.45, 7) is 17.5. The minimum absolute atomic E-state index is 0.246. The monoisotopic (exact) mass is 297 g/mol. The Labute approximate surface area is 130 Å². The number of likely N-dealkylation sites (tertiary alicyclic amines) is 1. The molecule has 0 aliphatic carbocycles. The Kier molecular flexibility index (Phi) is 5.84. The van der Waals surface area contributed by atoms with Gasteiger partial charge in [-0.15, -0.1) is 0 Å². The maximum Gasteiger partial charge on any atom is 0.237 e. The highest BCUT2D eigenvalue weighted by Crippen LogP contribution is 2.35. The summed E-state index contributed by atoms with van der Waals surface area (Å²) in [7, 11) is 0. The van der Waals surface area contributed by atoms with E-state index < -0.39 is 5.54 Å². The van der Waals surface area contributed by atoms with Crippen LogP contribution >= 0.6 is 0 Å². The summed E-state index contributed by atoms with van der Waals surface area (Å²) in [4.78, 5) is 14.4. The zero-order chi connectivity index (χ0) is 16.4. The van der Waals surface area contributed by atoms with Gasteiger partial charge in [0.1, 0.15) is 0 Å². The third kappa shape index (κ3) is 4.96. The predicted molar refractivity (Wildman–Crippen MR) is 89.1 cm³/mol. The molecule has 21 heavy (non-hydrogen) atoms. The number of hydrogen-bond acceptors (Lipinski definition) is 3. The van der Waals surface area contributed by atoms with E-state index in [4.69, 9.17) is 5.73 Å². The number of amides is 1. The van der Waals surface area contributed by atoms with Crippen LogP contribution in [0.4, 0.5) is 0 Å². The lowest BCUT2D eigenvalue weighted by Crippen LogP contribution is -2.58. The standard InChI is InChI=1S/C17H35N3O/c1-12(2)19-17(7,15(18)21)10-13(3)20-9-8-14(11-20)16(4,5)6/h12-14,19H,8-11H2,1-7H3,(H2,18,21). The van der Waals surface area contributed by atoms with Crippen LogP contribution in [-0.4, -0.2) is 41.5 Å². The van der Waals surface area contributed by atoms with Gasteiger partial charge in [0.15, 0.2) is 0 Å². The average Bonchev–Trinajstić information content (AvgIpc) is 2.75. The average molecular weight is 297 g/mol. The van der Waals surface area contributed by atoms with Gasteiger partial charge < -0.3 is 16.0 Å². The quantitative estimate of drug-likeness (QED) is 0.791. The molecule has 1 aliphatic heterocycles. The number of nitrogens with zero attached hydrogens (tertiary/aromatic N) is 1. The highest BCUT2D eigenvalue weighted by atomic mass is 16.1. The second-order valence-corrected chi connectivity index (χ2v) is 8.40. The van der Waals surface area contributed by atoms with E-state index in [1.165, 1.54) is 6.42 Å². The lowest BCUT2D eigenvalue weighted by molar-refractivity contribution is -0.124. The van der Waals surface area contributed by atoms with Crippen molar-refractivity contribution in [2.45, 2.75) is 78.9 Å². The molecule has 0 aromatic heterocycles. The lowest BCUT2D eigenvalue weighted by Gasteiger charge is -2.36. The van der Waals surface area contributed by atoms with E-state index in [-0.39, 0.29) is 11.9 Å². The van der Waals surface area contributed by atoms with Gasteiger partial charge >= 0.3 is 0 Å². The number of nitrogens with one attached hydrogen (secondary N) is 1. The van der Waals surface area contributed by atoms with Gasteiger partial charge in [-0.25, -0.2) is 0 Å². The van der Waals surface area contributed by atoms with E-state index in [1.807, 2.05) is 6.92 Å². The third-order valence-corrected chi connectivity index (χ3v) is 4.92. The van der Waals surface area contributed by atoms with Crippen LogP contribution in [0.3, 0.4) is 0 Å². The molecule has 1 heterocycles. The zero-order valence-corrected chi connectivity index (χ0v) is 15.0. The Hall–Kier alpha value is -0.610. The van der Waals surface area contributed by atoms with E-state index in [1.54, 1.807) is 0 Å². The van der Waals surface area contributed by atoms with Crippen molar-refractivity contribution in [2.24, 2.45) is 17.1 Å². The van der Waals surface area contributed by atoms with E-state index >= 15 is 0 Å². The Balaban J connectivity index is 2.67. The summed E-state index contributed by atoms with van der Waals surface area (Å²) in [6.07, 6.45) is 2.01. The van der Waals surface area contributed by atoms with Crippen LogP contribution in [0, 0.1) is 11.3 Å². The van der Waals surface area contributed by atoms with Gasteiger partial charge in [0.25, 0.3) is 0 Å². The summed E-state index contributed by atoms with van der Waals surface area (Å²) in [5.41, 5.74) is 5.37. The highest BCUT2D eigenvalue weighted by Gasteiger charge is 2.38. The fraction of sp³-hybridized carbons (Fsp3) is 0.941. The Morgan fingerprint density at radius 3 is 2.24 bits per heavy atom. The molecule has 0 aromatic carbocycles. The molecule has 1 fully saturated rings. The molecule has 3 atom stereocenters. The molecule has 4 nitrogen and oxygen atoms in total. The molecule has 124 valence electrons. The molecule has 3 N–H and O–H groups in total. The summed E-state index contributed by atoms with van der Waals surface area (Å²) in [5.74, 6) is 0.479. The number of nitrogens with two attached hydrogens (primary N) is 1. The van der Waals surface area contributed by atoms with E-state index in [9.17, 15) is 4.79 Å². The number of primary amides is 1. The van der Waals surface area contributed by atoms with Crippen molar-refractivity contribution in [1.29, 1.82) is 0 Å². The van der Waals surface area contributed by atoms with E-state index in [0.717, 1.165) is 25.4 Å². The maximum atomic E-state index is 11.9. The normalized spacial score (nSPS) is 25.0. The van der Waals surface area contributed by atoms with Crippen molar-refractivity contribution in [2.75, 3.05) is 13.1 Å². The zero-order valence-electron chi connectivity index (χ0n) is 15.0. The first-order valence-corrected chi connectivity index (χ1v) is 8.27. The maximum absolute atomic E-state index is 11.9. The lowest BCUT2D eigenvalue weighted by atomic mass is 9.80. The number of carbonyl (C=O) groups is 1. The van der Waals surface area contributed by atoms with Crippen molar-refractivity contribution in [3.8, 4) is 0 Å². The van der Waals surface area contributed by atoms with Crippen LogP contribution < -0.4 is 11.1 Å². The Morgan fingerprint density at radius 1 is 1.29 bits per heavy atom. The third-order valence-electron chi connectivity index (χ3n) is 4.92. The Bertz CT molecular complexity index is 362. The van der Waals surface area contributed by atoms with Crippen molar-refractivity contribution in [1.82, 2.24) is 10.2 Å². The van der Waals surface area contributed by atoms with Crippen molar-refractivity contribution < 1.29 is 4.79 Å². The van der Waals surface area contributed by atoms with Gasteiger partial charge in [0, 0.05) is 18.6 Å². The molecule has 0 aromatic rings. The molecule has 0 radical (unpaired) electrons. The molecule has 1 amide bonds. The molecule has 0 bridgehead atoms. The largest absolute Gasteiger partial charge is 0.368 e. The SMILES string of the molecule is CC(C)NC(C)(CC(C)N1CCC(C(C)(C)C)C1)C(N)=O. The molecule has 0 spiro atoms. The van der Waals surface area contributed by atoms with Crippen LogP contribution in [0.1, 0.15) is 61.3 Å². The molecule has 0 saturated carbocycles. The van der Waals surface area contributed by atoms with E-state index in [0.29, 0.717) is 11.5 Å². The topological polar surface area (TPSA) is 58.4 Å². The second kappa shape index (κ2) is 6.66. The Morgan fingerprint density at radius 2 is 1.86 bits per heavy atom. The fourth-order valence-electron chi connectivity index (χ4n) is 3.48. The summed E-state index contributed by atoms with van der Waals surface area (Å²) < 4.78 is 0. The van der Waals surface area contributed by atoms with Gasteiger partial charge in [-0.1, -0.05) is 20.8 Å².